The molecular formula is C23H23N3O4S. The first-order chi connectivity index (χ1) is 14.8. The quantitative estimate of drug-likeness (QED) is 0.594. The van der Waals surface area contributed by atoms with Gasteiger partial charge in [0.25, 0.3) is 11.8 Å². The predicted octanol–water partition coefficient (Wildman–Crippen LogP) is 3.05. The lowest BCUT2D eigenvalue weighted by Crippen LogP contribution is -2.37. The lowest BCUT2D eigenvalue weighted by Gasteiger charge is -2.19. The standard InChI is InChI=1S/C23H23N3O4S/c1-26(2)31(29,30)20-15-13-18(14-16-20)22(27)25-21(17-9-5-3-6-10-17)23(28)24-19-11-7-4-8-12-19/h3-16,21H,1-2H3,(H,24,28)(H,25,27). The molecule has 0 saturated carbocycles. The Balaban J connectivity index is 1.82. The molecule has 0 aliphatic rings. The molecule has 160 valence electrons. The summed E-state index contributed by atoms with van der Waals surface area (Å²) in [6.07, 6.45) is 0. The zero-order valence-corrected chi connectivity index (χ0v) is 18.0. The summed E-state index contributed by atoms with van der Waals surface area (Å²) in [5.41, 5.74) is 1.48. The average molecular weight is 438 g/mol. The van der Waals surface area contributed by atoms with Gasteiger partial charge in [0.1, 0.15) is 6.04 Å². The van der Waals surface area contributed by atoms with Crippen LogP contribution in [0.5, 0.6) is 0 Å². The minimum absolute atomic E-state index is 0.0791. The summed E-state index contributed by atoms with van der Waals surface area (Å²) in [6, 6.07) is 22.5. The molecule has 3 rings (SSSR count). The third-order valence-corrected chi connectivity index (χ3v) is 6.44. The zero-order valence-electron chi connectivity index (χ0n) is 17.1. The van der Waals surface area contributed by atoms with Crippen LogP contribution in [0.15, 0.2) is 89.8 Å². The molecule has 31 heavy (non-hydrogen) atoms. The van der Waals surface area contributed by atoms with E-state index < -0.39 is 27.9 Å². The highest BCUT2D eigenvalue weighted by atomic mass is 32.2. The van der Waals surface area contributed by atoms with Crippen molar-refractivity contribution >= 4 is 27.5 Å². The van der Waals surface area contributed by atoms with Crippen molar-refractivity contribution in [2.75, 3.05) is 19.4 Å². The fourth-order valence-electron chi connectivity index (χ4n) is 2.89. The van der Waals surface area contributed by atoms with Crippen LogP contribution in [-0.4, -0.2) is 38.6 Å². The van der Waals surface area contributed by atoms with Crippen molar-refractivity contribution in [1.82, 2.24) is 9.62 Å². The van der Waals surface area contributed by atoms with E-state index in [0.717, 1.165) is 4.31 Å². The van der Waals surface area contributed by atoms with Gasteiger partial charge in [0.05, 0.1) is 4.90 Å². The molecule has 1 unspecified atom stereocenters. The van der Waals surface area contributed by atoms with Gasteiger partial charge >= 0.3 is 0 Å². The van der Waals surface area contributed by atoms with Crippen LogP contribution in [0.4, 0.5) is 5.69 Å². The Morgan fingerprint density at radius 2 is 1.35 bits per heavy atom. The van der Waals surface area contributed by atoms with E-state index in [1.165, 1.54) is 38.4 Å². The molecule has 0 aliphatic carbocycles. The zero-order chi connectivity index (χ0) is 22.4. The Morgan fingerprint density at radius 3 is 1.90 bits per heavy atom. The fraction of sp³-hybridized carbons (Fsp3) is 0.130. The van der Waals surface area contributed by atoms with E-state index in [1.54, 1.807) is 48.5 Å². The molecular weight excluding hydrogens is 414 g/mol. The number of anilines is 1. The van der Waals surface area contributed by atoms with E-state index >= 15 is 0 Å². The number of hydrogen-bond donors (Lipinski definition) is 2. The highest BCUT2D eigenvalue weighted by Crippen LogP contribution is 2.18. The van der Waals surface area contributed by atoms with Gasteiger partial charge in [-0.25, -0.2) is 12.7 Å². The molecule has 3 aromatic carbocycles. The van der Waals surface area contributed by atoms with Crippen LogP contribution in [0.1, 0.15) is 22.0 Å². The van der Waals surface area contributed by atoms with Gasteiger partial charge in [-0.1, -0.05) is 48.5 Å². The number of rotatable bonds is 7. The van der Waals surface area contributed by atoms with Crippen LogP contribution in [0.2, 0.25) is 0 Å². The van der Waals surface area contributed by atoms with Gasteiger partial charge in [0.2, 0.25) is 10.0 Å². The van der Waals surface area contributed by atoms with E-state index in [-0.39, 0.29) is 10.5 Å². The van der Waals surface area contributed by atoms with E-state index in [1.807, 2.05) is 12.1 Å². The van der Waals surface area contributed by atoms with E-state index in [2.05, 4.69) is 10.6 Å². The normalized spacial score (nSPS) is 12.2. The number of benzene rings is 3. The molecule has 8 heteroatoms. The molecule has 1 atom stereocenters. The van der Waals surface area contributed by atoms with Gasteiger partial charge < -0.3 is 10.6 Å². The smallest absolute Gasteiger partial charge is 0.252 e. The average Bonchev–Trinajstić information content (AvgIpc) is 2.78. The highest BCUT2D eigenvalue weighted by molar-refractivity contribution is 7.89. The Kier molecular flexibility index (Phi) is 6.84. The predicted molar refractivity (Wildman–Crippen MR) is 119 cm³/mol. The Hall–Kier alpha value is -3.49. The van der Waals surface area contributed by atoms with E-state index in [9.17, 15) is 18.0 Å². The lowest BCUT2D eigenvalue weighted by atomic mass is 10.1. The van der Waals surface area contributed by atoms with Crippen molar-refractivity contribution in [2.24, 2.45) is 0 Å². The van der Waals surface area contributed by atoms with Crippen LogP contribution >= 0.6 is 0 Å². The summed E-state index contributed by atoms with van der Waals surface area (Å²) in [7, 11) is -0.723. The van der Waals surface area contributed by atoms with Crippen molar-refractivity contribution in [2.45, 2.75) is 10.9 Å². The summed E-state index contributed by atoms with van der Waals surface area (Å²) < 4.78 is 25.5. The van der Waals surface area contributed by atoms with Gasteiger partial charge in [-0.15, -0.1) is 0 Å². The largest absolute Gasteiger partial charge is 0.336 e. The number of nitrogens with zero attached hydrogens (tertiary/aromatic N) is 1. The van der Waals surface area contributed by atoms with Crippen molar-refractivity contribution in [3.05, 3.63) is 96.1 Å². The second kappa shape index (κ2) is 9.55. The maximum Gasteiger partial charge on any atom is 0.252 e. The Labute approximate surface area is 181 Å². The molecule has 3 aromatic rings. The van der Waals surface area contributed by atoms with Crippen molar-refractivity contribution in [1.29, 1.82) is 0 Å². The maximum atomic E-state index is 12.9. The molecule has 2 amide bonds. The minimum atomic E-state index is -3.60. The third-order valence-electron chi connectivity index (χ3n) is 4.61. The second-order valence-electron chi connectivity index (χ2n) is 6.98. The van der Waals surface area contributed by atoms with Crippen LogP contribution in [0, 0.1) is 0 Å². The number of carbonyl (C=O) groups excluding carboxylic acids is 2. The first-order valence-corrected chi connectivity index (χ1v) is 11.0. The van der Waals surface area contributed by atoms with Crippen molar-refractivity contribution in [3.8, 4) is 0 Å². The van der Waals surface area contributed by atoms with Crippen LogP contribution in [-0.2, 0) is 14.8 Å². The lowest BCUT2D eigenvalue weighted by molar-refractivity contribution is -0.118. The number of para-hydroxylation sites is 1. The highest BCUT2D eigenvalue weighted by Gasteiger charge is 2.24. The number of nitrogens with one attached hydrogen (secondary N) is 2. The molecule has 0 aliphatic heterocycles. The monoisotopic (exact) mass is 437 g/mol. The third kappa shape index (κ3) is 5.36. The molecule has 7 nitrogen and oxygen atoms in total. The SMILES string of the molecule is CN(C)S(=O)(=O)c1ccc(C(=O)NC(C(=O)Nc2ccccc2)c2ccccc2)cc1. The molecule has 0 saturated heterocycles. The van der Waals surface area contributed by atoms with Gasteiger partial charge in [-0.2, -0.15) is 0 Å². The minimum Gasteiger partial charge on any atom is -0.336 e. The van der Waals surface area contributed by atoms with Crippen LogP contribution in [0.3, 0.4) is 0 Å². The molecule has 0 aromatic heterocycles. The number of amides is 2. The molecule has 0 spiro atoms. The summed E-state index contributed by atoms with van der Waals surface area (Å²) in [5.74, 6) is -0.886. The van der Waals surface area contributed by atoms with Gasteiger partial charge in [0, 0.05) is 25.3 Å². The van der Waals surface area contributed by atoms with Crippen LogP contribution < -0.4 is 10.6 Å². The molecule has 0 heterocycles. The van der Waals surface area contributed by atoms with Gasteiger partial charge in [-0.3, -0.25) is 9.59 Å². The van der Waals surface area contributed by atoms with Crippen LogP contribution in [0.25, 0.3) is 0 Å². The second-order valence-corrected chi connectivity index (χ2v) is 9.14. The Morgan fingerprint density at radius 1 is 0.806 bits per heavy atom. The number of carbonyl (C=O) groups is 2. The van der Waals surface area contributed by atoms with Gasteiger partial charge in [0.15, 0.2) is 0 Å². The topological polar surface area (TPSA) is 95.6 Å². The van der Waals surface area contributed by atoms with E-state index in [0.29, 0.717) is 11.3 Å². The van der Waals surface area contributed by atoms with Crippen molar-refractivity contribution in [3.63, 3.8) is 0 Å². The van der Waals surface area contributed by atoms with Crippen molar-refractivity contribution < 1.29 is 18.0 Å². The summed E-state index contributed by atoms with van der Waals surface area (Å²) in [6.45, 7) is 0. The molecule has 0 fully saturated rings. The summed E-state index contributed by atoms with van der Waals surface area (Å²) in [5, 5.41) is 5.54. The molecule has 0 bridgehead atoms. The first-order valence-electron chi connectivity index (χ1n) is 9.53. The number of sulfonamides is 1. The number of hydrogen-bond acceptors (Lipinski definition) is 4. The molecule has 2 N–H and O–H groups in total. The maximum absolute atomic E-state index is 12.9. The molecule has 0 radical (unpaired) electrons. The summed E-state index contributed by atoms with van der Waals surface area (Å²) >= 11 is 0. The Bertz CT molecular complexity index is 1150. The van der Waals surface area contributed by atoms with E-state index in [4.69, 9.17) is 0 Å². The summed E-state index contributed by atoms with van der Waals surface area (Å²) in [4.78, 5) is 25.8. The fourth-order valence-corrected chi connectivity index (χ4v) is 3.79. The van der Waals surface area contributed by atoms with Gasteiger partial charge in [-0.05, 0) is 42.0 Å². The first kappa shape index (κ1) is 22.2.